The minimum atomic E-state index is -0.197. The first-order chi connectivity index (χ1) is 11.2. The van der Waals surface area contributed by atoms with Crippen LogP contribution in [0.1, 0.15) is 30.5 Å². The van der Waals surface area contributed by atoms with E-state index in [-0.39, 0.29) is 11.4 Å². The van der Waals surface area contributed by atoms with Gasteiger partial charge in [0.05, 0.1) is 11.6 Å². The van der Waals surface area contributed by atoms with Crippen LogP contribution in [-0.2, 0) is 12.0 Å². The van der Waals surface area contributed by atoms with Crippen LogP contribution in [0.5, 0.6) is 0 Å². The summed E-state index contributed by atoms with van der Waals surface area (Å²) in [5, 5.41) is 13.7. The first-order valence-electron chi connectivity index (χ1n) is 8.37. The number of likely N-dealkylation sites (tertiary alicyclic amines) is 1. The van der Waals surface area contributed by atoms with Crippen LogP contribution in [0, 0.1) is 17.1 Å². The van der Waals surface area contributed by atoms with Gasteiger partial charge in [-0.05, 0) is 49.6 Å². The van der Waals surface area contributed by atoms with Crippen molar-refractivity contribution in [3.05, 3.63) is 35.3 Å². The number of piperidine rings is 1. The van der Waals surface area contributed by atoms with E-state index in [1.54, 1.807) is 12.1 Å². The molecule has 1 spiro atoms. The van der Waals surface area contributed by atoms with Crippen molar-refractivity contribution < 1.29 is 4.39 Å². The van der Waals surface area contributed by atoms with Gasteiger partial charge in [0.1, 0.15) is 5.82 Å². The molecule has 0 radical (unpaired) electrons. The second kappa shape index (κ2) is 5.63. The van der Waals surface area contributed by atoms with E-state index in [9.17, 15) is 4.39 Å². The van der Waals surface area contributed by atoms with Crippen molar-refractivity contribution in [1.82, 2.24) is 15.2 Å². The number of nitriles is 1. The third-order valence-electron chi connectivity index (χ3n) is 5.30. The van der Waals surface area contributed by atoms with Gasteiger partial charge in [0.15, 0.2) is 0 Å². The highest BCUT2D eigenvalue weighted by atomic mass is 19.1. The van der Waals surface area contributed by atoms with E-state index < -0.39 is 0 Å². The molecule has 0 amide bonds. The Kier molecular flexibility index (Phi) is 3.59. The van der Waals surface area contributed by atoms with Crippen LogP contribution in [-0.4, -0.2) is 36.1 Å². The number of aromatic amines is 1. The Morgan fingerprint density at radius 2 is 2.30 bits per heavy atom. The SMILES string of the molecule is N#CCCN1CCCC2(C1)NCCc1c2[nH]c2cc(F)ccc12. The van der Waals surface area contributed by atoms with Crippen molar-refractivity contribution in [2.45, 2.75) is 31.2 Å². The van der Waals surface area contributed by atoms with Crippen molar-refractivity contribution >= 4 is 10.9 Å². The second-order valence-electron chi connectivity index (χ2n) is 6.72. The third kappa shape index (κ3) is 2.43. The first-order valence-corrected chi connectivity index (χ1v) is 8.37. The molecule has 1 saturated heterocycles. The quantitative estimate of drug-likeness (QED) is 0.896. The number of H-pyrrole nitrogens is 1. The summed E-state index contributed by atoms with van der Waals surface area (Å²) >= 11 is 0. The van der Waals surface area contributed by atoms with Gasteiger partial charge in [-0.2, -0.15) is 5.26 Å². The fourth-order valence-electron chi connectivity index (χ4n) is 4.30. The summed E-state index contributed by atoms with van der Waals surface area (Å²) in [6.45, 7) is 3.74. The van der Waals surface area contributed by atoms with Crippen molar-refractivity contribution in [2.24, 2.45) is 0 Å². The van der Waals surface area contributed by atoms with E-state index >= 15 is 0 Å². The van der Waals surface area contributed by atoms with Gasteiger partial charge < -0.3 is 15.2 Å². The predicted molar refractivity (Wildman–Crippen MR) is 87.5 cm³/mol. The van der Waals surface area contributed by atoms with Crippen molar-refractivity contribution in [3.8, 4) is 6.07 Å². The van der Waals surface area contributed by atoms with Gasteiger partial charge in [0.2, 0.25) is 0 Å². The van der Waals surface area contributed by atoms with Gasteiger partial charge in [-0.3, -0.25) is 0 Å². The zero-order valence-electron chi connectivity index (χ0n) is 13.2. The monoisotopic (exact) mass is 312 g/mol. The number of halogens is 1. The number of aromatic nitrogens is 1. The Hall–Kier alpha value is -1.90. The Bertz CT molecular complexity index is 775. The van der Waals surface area contributed by atoms with E-state index in [0.29, 0.717) is 6.42 Å². The summed E-state index contributed by atoms with van der Waals surface area (Å²) in [5.41, 5.74) is 3.37. The average molecular weight is 312 g/mol. The molecule has 0 saturated carbocycles. The molecule has 1 unspecified atom stereocenters. The molecule has 120 valence electrons. The van der Waals surface area contributed by atoms with E-state index in [1.807, 2.05) is 6.07 Å². The number of benzene rings is 1. The average Bonchev–Trinajstić information content (AvgIpc) is 2.93. The lowest BCUT2D eigenvalue weighted by atomic mass is 9.80. The molecule has 1 atom stereocenters. The molecule has 23 heavy (non-hydrogen) atoms. The molecular weight excluding hydrogens is 291 g/mol. The fourth-order valence-corrected chi connectivity index (χ4v) is 4.30. The van der Waals surface area contributed by atoms with Crippen LogP contribution in [0.3, 0.4) is 0 Å². The summed E-state index contributed by atoms with van der Waals surface area (Å²) in [5.74, 6) is -0.197. The minimum Gasteiger partial charge on any atom is -0.356 e. The normalized spacial score (nSPS) is 24.7. The molecule has 2 aromatic rings. The Balaban J connectivity index is 1.74. The molecule has 4 rings (SSSR count). The van der Waals surface area contributed by atoms with Crippen LogP contribution in [0.2, 0.25) is 0 Å². The predicted octanol–water partition coefficient (Wildman–Crippen LogP) is 2.66. The van der Waals surface area contributed by atoms with Crippen LogP contribution in [0.15, 0.2) is 18.2 Å². The molecule has 1 aromatic carbocycles. The standard InChI is InChI=1S/C18H21FN4/c19-13-3-4-14-15-5-8-21-18(17(15)22-16(14)11-13)6-1-9-23(12-18)10-2-7-20/h3-4,11,21-22H,1-2,5-6,8-10,12H2. The smallest absolute Gasteiger partial charge is 0.125 e. The fraction of sp³-hybridized carbons (Fsp3) is 0.500. The summed E-state index contributed by atoms with van der Waals surface area (Å²) in [7, 11) is 0. The molecule has 3 heterocycles. The molecule has 1 fully saturated rings. The van der Waals surface area contributed by atoms with Crippen molar-refractivity contribution in [2.75, 3.05) is 26.2 Å². The summed E-state index contributed by atoms with van der Waals surface area (Å²) in [6.07, 6.45) is 3.74. The number of rotatable bonds is 2. The van der Waals surface area contributed by atoms with Crippen molar-refractivity contribution in [3.63, 3.8) is 0 Å². The Morgan fingerprint density at radius 3 is 3.17 bits per heavy atom. The molecule has 1 aromatic heterocycles. The Labute approximate surface area is 135 Å². The lowest BCUT2D eigenvalue weighted by Crippen LogP contribution is -2.57. The summed E-state index contributed by atoms with van der Waals surface area (Å²) < 4.78 is 13.6. The number of hydrogen-bond acceptors (Lipinski definition) is 3. The topological polar surface area (TPSA) is 54.9 Å². The number of fused-ring (bicyclic) bond motifs is 4. The maximum absolute atomic E-state index is 13.6. The Morgan fingerprint density at radius 1 is 1.39 bits per heavy atom. The minimum absolute atomic E-state index is 0.0865. The van der Waals surface area contributed by atoms with Gasteiger partial charge >= 0.3 is 0 Å². The van der Waals surface area contributed by atoms with Gasteiger partial charge in [0.25, 0.3) is 0 Å². The molecule has 0 bridgehead atoms. The molecule has 4 nitrogen and oxygen atoms in total. The van der Waals surface area contributed by atoms with Crippen LogP contribution < -0.4 is 5.32 Å². The number of nitrogens with one attached hydrogen (secondary N) is 2. The third-order valence-corrected chi connectivity index (χ3v) is 5.30. The van der Waals surface area contributed by atoms with Gasteiger partial charge in [0, 0.05) is 42.7 Å². The van der Waals surface area contributed by atoms with E-state index in [4.69, 9.17) is 5.26 Å². The van der Waals surface area contributed by atoms with Crippen molar-refractivity contribution in [1.29, 1.82) is 5.26 Å². The zero-order chi connectivity index (χ0) is 15.9. The lowest BCUT2D eigenvalue weighted by molar-refractivity contribution is 0.114. The molecule has 5 heteroatoms. The largest absolute Gasteiger partial charge is 0.356 e. The first kappa shape index (κ1) is 14.7. The van der Waals surface area contributed by atoms with E-state index in [2.05, 4.69) is 21.3 Å². The molecule has 0 aliphatic carbocycles. The van der Waals surface area contributed by atoms with E-state index in [0.717, 1.165) is 56.3 Å². The maximum atomic E-state index is 13.6. The summed E-state index contributed by atoms with van der Waals surface area (Å²) in [6, 6.07) is 7.28. The molecular formula is C18H21FN4. The number of nitrogens with zero attached hydrogens (tertiary/aromatic N) is 2. The highest BCUT2D eigenvalue weighted by molar-refractivity contribution is 5.85. The summed E-state index contributed by atoms with van der Waals surface area (Å²) in [4.78, 5) is 5.88. The van der Waals surface area contributed by atoms with E-state index in [1.165, 1.54) is 11.3 Å². The van der Waals surface area contributed by atoms with Crippen LogP contribution in [0.25, 0.3) is 10.9 Å². The second-order valence-corrected chi connectivity index (χ2v) is 6.72. The van der Waals surface area contributed by atoms with Crippen LogP contribution in [0.4, 0.5) is 4.39 Å². The molecule has 2 aliphatic rings. The highest BCUT2D eigenvalue weighted by Crippen LogP contribution is 2.39. The lowest BCUT2D eigenvalue weighted by Gasteiger charge is -2.45. The zero-order valence-corrected chi connectivity index (χ0v) is 13.2. The highest BCUT2D eigenvalue weighted by Gasteiger charge is 2.41. The van der Waals surface area contributed by atoms with Gasteiger partial charge in [-0.25, -0.2) is 4.39 Å². The number of hydrogen-bond donors (Lipinski definition) is 2. The molecule has 2 aliphatic heterocycles. The molecule has 2 N–H and O–H groups in total. The van der Waals surface area contributed by atoms with Gasteiger partial charge in [-0.15, -0.1) is 0 Å². The van der Waals surface area contributed by atoms with Crippen LogP contribution >= 0.6 is 0 Å². The maximum Gasteiger partial charge on any atom is 0.125 e. The van der Waals surface area contributed by atoms with Gasteiger partial charge in [-0.1, -0.05) is 0 Å².